The summed E-state index contributed by atoms with van der Waals surface area (Å²) in [6, 6.07) is 7.12. The quantitative estimate of drug-likeness (QED) is 0.607. The van der Waals surface area contributed by atoms with Crippen molar-refractivity contribution in [3.05, 3.63) is 54.2 Å². The Hall–Kier alpha value is -3.11. The highest BCUT2D eigenvalue weighted by molar-refractivity contribution is 5.93. The number of nitrogens with zero attached hydrogens (tertiary/aromatic N) is 5. The lowest BCUT2D eigenvalue weighted by molar-refractivity contribution is -0.0495. The maximum Gasteiger partial charge on any atom is 0.274 e. The molecule has 0 aromatic carbocycles. The Kier molecular flexibility index (Phi) is 6.07. The third kappa shape index (κ3) is 4.71. The van der Waals surface area contributed by atoms with Gasteiger partial charge in [-0.1, -0.05) is 0 Å². The fourth-order valence-corrected chi connectivity index (χ4v) is 3.68. The van der Waals surface area contributed by atoms with Crippen molar-refractivity contribution in [2.24, 2.45) is 0 Å². The maximum atomic E-state index is 13.5. The van der Waals surface area contributed by atoms with Crippen LogP contribution in [0.2, 0.25) is 0 Å². The average molecular weight is 445 g/mol. The van der Waals surface area contributed by atoms with Crippen LogP contribution in [0.4, 0.5) is 8.78 Å². The molecule has 4 heterocycles. The third-order valence-electron chi connectivity index (χ3n) is 5.53. The largest absolute Gasteiger partial charge is 0.394 e. The summed E-state index contributed by atoms with van der Waals surface area (Å²) < 4.78 is 30.3. The van der Waals surface area contributed by atoms with Crippen LogP contribution < -0.4 is 0 Å². The first-order valence-electron chi connectivity index (χ1n) is 10.4. The van der Waals surface area contributed by atoms with Gasteiger partial charge in [0.1, 0.15) is 0 Å². The van der Waals surface area contributed by atoms with Crippen LogP contribution in [-0.4, -0.2) is 72.1 Å². The number of alkyl halides is 2. The normalized spacial score (nSPS) is 16.8. The number of aryl methyl sites for hydroxylation is 1. The number of pyridine rings is 1. The summed E-state index contributed by atoms with van der Waals surface area (Å²) in [5.74, 6) is -3.13. The molecule has 1 atom stereocenters. The van der Waals surface area contributed by atoms with Crippen LogP contribution >= 0.6 is 0 Å². The Morgan fingerprint density at radius 1 is 1.25 bits per heavy atom. The molecule has 1 unspecified atom stereocenters. The van der Waals surface area contributed by atoms with Gasteiger partial charge < -0.3 is 19.7 Å². The topological polar surface area (TPSA) is 96.4 Å². The Morgan fingerprint density at radius 3 is 2.66 bits per heavy atom. The molecule has 1 aliphatic heterocycles. The van der Waals surface area contributed by atoms with Gasteiger partial charge in [0.2, 0.25) is 0 Å². The number of hydrogen-bond acceptors (Lipinski definition) is 5. The molecule has 1 aliphatic rings. The second-order valence-corrected chi connectivity index (χ2v) is 8.07. The number of rotatable bonds is 6. The SMILES string of the molecule is Cc1ccc(-n2nc(C(=O)N3CCC(F)(F)CC3)cc2-c2ccn(CC(O)CO)c2)cn1. The first kappa shape index (κ1) is 22.1. The van der Waals surface area contributed by atoms with E-state index < -0.39 is 17.9 Å². The molecule has 1 fully saturated rings. The van der Waals surface area contributed by atoms with Crippen LogP contribution in [0.5, 0.6) is 0 Å². The number of carbonyl (C=O) groups excluding carboxylic acids is 1. The highest BCUT2D eigenvalue weighted by Crippen LogP contribution is 2.30. The lowest BCUT2D eigenvalue weighted by atomic mass is 10.1. The van der Waals surface area contributed by atoms with E-state index in [1.54, 1.807) is 33.9 Å². The summed E-state index contributed by atoms with van der Waals surface area (Å²) in [6.07, 6.45) is 3.58. The number of piperidine rings is 1. The minimum atomic E-state index is -2.74. The Balaban J connectivity index is 1.68. The summed E-state index contributed by atoms with van der Waals surface area (Å²) in [5.41, 5.74) is 3.01. The molecule has 1 amide bonds. The first-order valence-corrected chi connectivity index (χ1v) is 10.4. The van der Waals surface area contributed by atoms with Gasteiger partial charge in [0.25, 0.3) is 11.8 Å². The van der Waals surface area contributed by atoms with E-state index in [4.69, 9.17) is 5.11 Å². The molecular formula is C22H25F2N5O3. The fourth-order valence-electron chi connectivity index (χ4n) is 3.68. The van der Waals surface area contributed by atoms with Gasteiger partial charge in [-0.15, -0.1) is 0 Å². The minimum absolute atomic E-state index is 0.0183. The van der Waals surface area contributed by atoms with E-state index in [9.17, 15) is 18.7 Å². The smallest absolute Gasteiger partial charge is 0.274 e. The lowest BCUT2D eigenvalue weighted by Gasteiger charge is -2.31. The van der Waals surface area contributed by atoms with E-state index >= 15 is 0 Å². The van der Waals surface area contributed by atoms with E-state index in [2.05, 4.69) is 10.1 Å². The molecule has 3 aromatic heterocycles. The fraction of sp³-hybridized carbons (Fsp3) is 0.409. The van der Waals surface area contributed by atoms with Gasteiger partial charge in [0.15, 0.2) is 5.69 Å². The summed E-state index contributed by atoms with van der Waals surface area (Å²) in [4.78, 5) is 18.7. The van der Waals surface area contributed by atoms with E-state index in [0.717, 1.165) is 11.3 Å². The molecule has 0 bridgehead atoms. The lowest BCUT2D eigenvalue weighted by Crippen LogP contribution is -2.42. The van der Waals surface area contributed by atoms with E-state index in [1.807, 2.05) is 25.1 Å². The third-order valence-corrected chi connectivity index (χ3v) is 5.53. The van der Waals surface area contributed by atoms with Gasteiger partial charge in [-0.05, 0) is 31.2 Å². The highest BCUT2D eigenvalue weighted by Gasteiger charge is 2.36. The molecule has 32 heavy (non-hydrogen) atoms. The molecule has 2 N–H and O–H groups in total. The van der Waals surface area contributed by atoms with Crippen LogP contribution in [0.1, 0.15) is 29.0 Å². The molecule has 0 spiro atoms. The Bertz CT molecular complexity index is 1080. The van der Waals surface area contributed by atoms with Crippen LogP contribution in [0.3, 0.4) is 0 Å². The number of hydrogen-bond donors (Lipinski definition) is 2. The van der Waals surface area contributed by atoms with Crippen LogP contribution in [-0.2, 0) is 6.54 Å². The molecule has 0 saturated carbocycles. The van der Waals surface area contributed by atoms with Gasteiger partial charge in [-0.3, -0.25) is 9.78 Å². The zero-order valence-corrected chi connectivity index (χ0v) is 17.7. The summed E-state index contributed by atoms with van der Waals surface area (Å²) in [6.45, 7) is 1.69. The van der Waals surface area contributed by atoms with Gasteiger partial charge in [0.05, 0.1) is 36.8 Å². The van der Waals surface area contributed by atoms with Crippen LogP contribution in [0, 0.1) is 6.92 Å². The zero-order chi connectivity index (χ0) is 22.9. The standard InChI is InChI=1S/C22H25F2N5O3/c1-15-2-3-17(11-25-15)29-20(16-4-7-27(12-16)13-18(31)14-30)10-19(26-29)21(32)28-8-5-22(23,24)6-9-28/h2-4,7,10-12,18,30-31H,5-6,8-9,13-14H2,1H3. The summed E-state index contributed by atoms with van der Waals surface area (Å²) in [5, 5.41) is 23.3. The first-order chi connectivity index (χ1) is 15.3. The number of likely N-dealkylation sites (tertiary alicyclic amines) is 1. The van der Waals surface area contributed by atoms with Crippen molar-refractivity contribution in [3.63, 3.8) is 0 Å². The number of aliphatic hydroxyl groups is 2. The van der Waals surface area contributed by atoms with E-state index in [1.165, 1.54) is 4.90 Å². The average Bonchev–Trinajstić information content (AvgIpc) is 3.41. The molecule has 170 valence electrons. The predicted molar refractivity (Wildman–Crippen MR) is 113 cm³/mol. The number of carbonyl (C=O) groups is 1. The van der Waals surface area contributed by atoms with Gasteiger partial charge >= 0.3 is 0 Å². The molecule has 3 aromatic rings. The monoisotopic (exact) mass is 445 g/mol. The van der Waals surface area contributed by atoms with Crippen molar-refractivity contribution in [3.8, 4) is 16.9 Å². The summed E-state index contributed by atoms with van der Waals surface area (Å²) >= 11 is 0. The molecule has 1 saturated heterocycles. The second kappa shape index (κ2) is 8.79. The highest BCUT2D eigenvalue weighted by atomic mass is 19.3. The van der Waals surface area contributed by atoms with Crippen molar-refractivity contribution < 1.29 is 23.8 Å². The Labute approximate surface area is 183 Å². The molecule has 0 aliphatic carbocycles. The van der Waals surface area contributed by atoms with Gasteiger partial charge in [-0.25, -0.2) is 13.5 Å². The molecule has 8 nitrogen and oxygen atoms in total. The minimum Gasteiger partial charge on any atom is -0.394 e. The molecular weight excluding hydrogens is 420 g/mol. The van der Waals surface area contributed by atoms with E-state index in [0.29, 0.717) is 11.4 Å². The van der Waals surface area contributed by atoms with Crippen molar-refractivity contribution >= 4 is 5.91 Å². The van der Waals surface area contributed by atoms with Crippen molar-refractivity contribution in [2.75, 3.05) is 19.7 Å². The molecule has 10 heteroatoms. The molecule has 0 radical (unpaired) electrons. The Morgan fingerprint density at radius 2 is 2.00 bits per heavy atom. The molecule has 4 rings (SSSR count). The number of aromatic nitrogens is 4. The maximum absolute atomic E-state index is 13.5. The summed E-state index contributed by atoms with van der Waals surface area (Å²) in [7, 11) is 0. The zero-order valence-electron chi connectivity index (χ0n) is 17.7. The van der Waals surface area contributed by atoms with Crippen LogP contribution in [0.15, 0.2) is 42.9 Å². The van der Waals surface area contributed by atoms with Crippen LogP contribution in [0.25, 0.3) is 16.9 Å². The van der Waals surface area contributed by atoms with Gasteiger partial charge in [-0.2, -0.15) is 5.10 Å². The van der Waals surface area contributed by atoms with Crippen molar-refractivity contribution in [1.29, 1.82) is 0 Å². The number of aliphatic hydroxyl groups excluding tert-OH is 2. The number of amides is 1. The van der Waals surface area contributed by atoms with E-state index in [-0.39, 0.29) is 44.8 Å². The van der Waals surface area contributed by atoms with Crippen molar-refractivity contribution in [2.45, 2.75) is 38.3 Å². The predicted octanol–water partition coefficient (Wildman–Crippen LogP) is 2.27. The second-order valence-electron chi connectivity index (χ2n) is 8.07. The van der Waals surface area contributed by atoms with Crippen molar-refractivity contribution in [1.82, 2.24) is 24.2 Å². The van der Waals surface area contributed by atoms with Gasteiger partial charge in [0, 0.05) is 49.6 Å². The number of halogens is 2.